The Morgan fingerprint density at radius 2 is 0.474 bits per heavy atom. The van der Waals surface area contributed by atoms with Crippen LogP contribution in [0.4, 0.5) is 0 Å². The zero-order valence-corrected chi connectivity index (χ0v) is 55.6. The Balaban J connectivity index is 0.00000116. The summed E-state index contributed by atoms with van der Waals surface area (Å²) >= 11 is 0. The normalized spacial score (nSPS) is 11.6. The fraction of sp³-hybridized carbons (Fsp3) is 0.800. The van der Waals surface area contributed by atoms with Gasteiger partial charge in [-0.1, -0.05) is 272 Å². The zero-order chi connectivity index (χ0) is 57.6. The van der Waals surface area contributed by atoms with Crippen LogP contribution in [-0.4, -0.2) is 75.7 Å². The number of carboxylic acid groups (broad SMARTS) is 2. The van der Waals surface area contributed by atoms with Gasteiger partial charge in [0.25, 0.3) is 0 Å². The number of carboxylic acids is 2. The molecule has 0 amide bonds. The lowest BCUT2D eigenvalue weighted by Crippen LogP contribution is -2.13. The fourth-order valence-electron chi connectivity index (χ4n) is 11.3. The number of aromatic carboxylic acids is 2. The average Bonchev–Trinajstić information content (AvgIpc) is 3.46. The maximum atomic E-state index is 12.5. The third-order valence-corrected chi connectivity index (χ3v) is 28.2. The molecule has 0 saturated carbocycles. The molecule has 2 aromatic carbocycles. The lowest BCUT2D eigenvalue weighted by atomic mass is 10.0. The van der Waals surface area contributed by atoms with Crippen LogP contribution in [0.25, 0.3) is 0 Å². The number of unbranched alkanes of at least 4 members (excludes halogenated alkanes) is 32. The summed E-state index contributed by atoms with van der Waals surface area (Å²) in [7, 11) is -3.13. The van der Waals surface area contributed by atoms with E-state index in [1.54, 1.807) is 74.3 Å². The lowest BCUT2D eigenvalue weighted by molar-refractivity contribution is 0.0683. The Labute approximate surface area is 489 Å². The summed E-state index contributed by atoms with van der Waals surface area (Å²) in [5.74, 6) is -2.41. The van der Waals surface area contributed by atoms with Crippen molar-refractivity contribution in [3.63, 3.8) is 0 Å². The van der Waals surface area contributed by atoms with Crippen LogP contribution in [0.1, 0.15) is 333 Å². The van der Waals surface area contributed by atoms with Gasteiger partial charge in [-0.05, 0) is 88.5 Å². The minimum atomic E-state index is -1.87. The van der Waals surface area contributed by atoms with Gasteiger partial charge in [0.05, 0.1) is 81.0 Å². The molecular weight excluding hydrogens is 1010 g/mol. The van der Waals surface area contributed by atoms with Crippen molar-refractivity contribution >= 4 is 37.3 Å². The molecule has 2 aromatic rings. The first kappa shape index (κ1) is 76.4. The van der Waals surface area contributed by atoms with Gasteiger partial charge in [-0.15, -0.1) is 0 Å². The molecule has 0 saturated heterocycles. The second-order valence-corrected chi connectivity index (χ2v) is 34.0. The lowest BCUT2D eigenvalue weighted by Gasteiger charge is -2.28. The van der Waals surface area contributed by atoms with Crippen LogP contribution in [0.3, 0.4) is 0 Å². The van der Waals surface area contributed by atoms with Crippen LogP contribution in [0.15, 0.2) is 58.3 Å². The van der Waals surface area contributed by atoms with Gasteiger partial charge in [0.2, 0.25) is 0 Å². The van der Waals surface area contributed by atoms with E-state index in [-0.39, 0.29) is 20.9 Å². The predicted octanol–water partition coefficient (Wildman–Crippen LogP) is 24.0. The van der Waals surface area contributed by atoms with Gasteiger partial charge < -0.3 is 10.2 Å². The summed E-state index contributed by atoms with van der Waals surface area (Å²) in [5, 5.41) is 18.2. The molecule has 2 N–H and O–H groups in total. The van der Waals surface area contributed by atoms with E-state index >= 15 is 0 Å². The summed E-state index contributed by atoms with van der Waals surface area (Å²) < 4.78 is 12.5. The summed E-state index contributed by atoms with van der Waals surface area (Å²) in [5.41, 5.74) is -0.211. The van der Waals surface area contributed by atoms with Crippen molar-refractivity contribution in [2.24, 2.45) is 0 Å². The molecule has 0 fully saturated rings. The van der Waals surface area contributed by atoms with E-state index in [0.717, 1.165) is 0 Å². The minimum absolute atomic E-state index is 0.0775. The van der Waals surface area contributed by atoms with Gasteiger partial charge in [-0.3, -0.25) is 0 Å². The van der Waals surface area contributed by atoms with Crippen molar-refractivity contribution in [2.75, 3.05) is 49.3 Å². The van der Waals surface area contributed by atoms with E-state index in [2.05, 4.69) is 55.4 Å². The average molecular weight is 1150 g/mol. The van der Waals surface area contributed by atoms with Gasteiger partial charge in [-0.25, -0.2) is 13.8 Å². The van der Waals surface area contributed by atoms with E-state index in [9.17, 15) is 13.8 Å². The van der Waals surface area contributed by atoms with Crippen molar-refractivity contribution in [1.82, 2.24) is 0 Å². The van der Waals surface area contributed by atoms with E-state index in [4.69, 9.17) is 10.2 Å². The molecule has 5 nitrogen and oxygen atoms in total. The highest BCUT2D eigenvalue weighted by Gasteiger charge is 2.35. The number of carbonyl (C=O) groups is 2. The van der Waals surface area contributed by atoms with E-state index in [1.807, 2.05) is 0 Å². The number of hydrogen-bond donors (Lipinski definition) is 2. The first-order valence-electron chi connectivity index (χ1n) is 33.8. The highest BCUT2D eigenvalue weighted by molar-refractivity contribution is 7.85. The maximum absolute atomic E-state index is 12.5. The SMILES string of the molecule is CCCCCCCCCCCCCCCC[P+](CCCC)(CCCC)CCCC.CCCCCCCCCCCCCCCC[P+](CCCC)(CCCC)CCCC.O=C(O)c1ccccc1S(=O)c1ccccc1C(=O)O. The van der Waals surface area contributed by atoms with Crippen molar-refractivity contribution in [3.8, 4) is 0 Å². The molecule has 0 unspecified atom stereocenters. The summed E-state index contributed by atoms with van der Waals surface area (Å²) in [4.78, 5) is 22.4. The molecule has 0 aliphatic rings. The van der Waals surface area contributed by atoms with E-state index in [0.29, 0.717) is 0 Å². The van der Waals surface area contributed by atoms with E-state index < -0.39 is 37.3 Å². The quantitative estimate of drug-likeness (QED) is 0.0509. The van der Waals surface area contributed by atoms with Crippen molar-refractivity contribution in [3.05, 3.63) is 59.7 Å². The Morgan fingerprint density at radius 3 is 0.679 bits per heavy atom. The molecule has 0 aliphatic heterocycles. The third-order valence-electron chi connectivity index (χ3n) is 16.5. The molecule has 8 heteroatoms. The first-order chi connectivity index (χ1) is 38.0. The van der Waals surface area contributed by atoms with Crippen molar-refractivity contribution in [2.45, 2.75) is 322 Å². The molecule has 0 bridgehead atoms. The molecule has 0 aromatic heterocycles. The molecule has 454 valence electrons. The van der Waals surface area contributed by atoms with Gasteiger partial charge in [0.15, 0.2) is 0 Å². The predicted molar refractivity (Wildman–Crippen MR) is 354 cm³/mol. The van der Waals surface area contributed by atoms with Crippen LogP contribution in [0.5, 0.6) is 0 Å². The van der Waals surface area contributed by atoms with Crippen LogP contribution < -0.4 is 0 Å². The summed E-state index contributed by atoms with van der Waals surface area (Å²) in [6.07, 6.45) is 71.9. The second kappa shape index (κ2) is 54.6. The second-order valence-electron chi connectivity index (χ2n) is 23.7. The zero-order valence-electron chi connectivity index (χ0n) is 53.0. The standard InChI is InChI=1S/2C28H60P.C14H10O5S/c2*1-5-9-13-14-15-16-17-18-19-20-21-22-23-24-28-29(25-10-6-2,26-11-7-3)27-12-8-4;15-13(16)9-5-1-3-7-11(9)20(19)12-8-4-2-6-10(12)14(17)18/h2*5-28H2,1-4H3;1-8H,(H,15,16)(H,17,18)/q2*+1;. The van der Waals surface area contributed by atoms with Gasteiger partial charge >= 0.3 is 11.9 Å². The summed E-state index contributed by atoms with van der Waals surface area (Å²) in [6, 6.07) is 11.7. The van der Waals surface area contributed by atoms with E-state index in [1.165, 1.54) is 280 Å². The summed E-state index contributed by atoms with van der Waals surface area (Å²) in [6.45, 7) is 19.0. The fourth-order valence-corrected chi connectivity index (χ4v) is 23.1. The minimum Gasteiger partial charge on any atom is -0.478 e. The van der Waals surface area contributed by atoms with Crippen LogP contribution in [0, 0.1) is 0 Å². The van der Waals surface area contributed by atoms with Gasteiger partial charge in [-0.2, -0.15) is 0 Å². The van der Waals surface area contributed by atoms with Crippen LogP contribution >= 0.6 is 14.5 Å². The highest BCUT2D eigenvalue weighted by atomic mass is 32.2. The molecular formula is C70H130O5P2S+2. The van der Waals surface area contributed by atoms with Crippen molar-refractivity contribution in [1.29, 1.82) is 0 Å². The molecule has 0 spiro atoms. The van der Waals surface area contributed by atoms with Crippen molar-refractivity contribution < 1.29 is 24.0 Å². The molecule has 0 atom stereocenters. The molecule has 78 heavy (non-hydrogen) atoms. The Hall–Kier alpha value is -1.61. The topological polar surface area (TPSA) is 91.7 Å². The molecule has 0 heterocycles. The van der Waals surface area contributed by atoms with Gasteiger partial charge in [0, 0.05) is 14.5 Å². The molecule has 0 radical (unpaired) electrons. The number of rotatable bonds is 52. The smallest absolute Gasteiger partial charge is 0.336 e. The molecule has 2 rings (SSSR count). The van der Waals surface area contributed by atoms with Gasteiger partial charge in [0.1, 0.15) is 0 Å². The first-order valence-corrected chi connectivity index (χ1v) is 40.0. The largest absolute Gasteiger partial charge is 0.478 e. The number of benzene rings is 2. The van der Waals surface area contributed by atoms with Crippen LogP contribution in [0.2, 0.25) is 0 Å². The Morgan fingerprint density at radius 1 is 0.295 bits per heavy atom. The highest BCUT2D eigenvalue weighted by Crippen LogP contribution is 2.62. The maximum Gasteiger partial charge on any atom is 0.336 e. The Kier molecular flexibility index (Phi) is 53.5. The third kappa shape index (κ3) is 39.8. The monoisotopic (exact) mass is 1140 g/mol. The van der Waals surface area contributed by atoms with Crippen LogP contribution in [-0.2, 0) is 10.8 Å². The molecule has 0 aliphatic carbocycles. The number of hydrogen-bond acceptors (Lipinski definition) is 3. The Bertz CT molecular complexity index is 1520.